The minimum Gasteiger partial charge on any atom is -0.497 e. The fourth-order valence-corrected chi connectivity index (χ4v) is 3.81. The van der Waals surface area contributed by atoms with Crippen LogP contribution in [-0.2, 0) is 10.0 Å². The third kappa shape index (κ3) is 3.66. The van der Waals surface area contributed by atoms with Gasteiger partial charge in [0.25, 0.3) is 15.7 Å². The van der Waals surface area contributed by atoms with Gasteiger partial charge in [-0.3, -0.25) is 14.4 Å². The van der Waals surface area contributed by atoms with Gasteiger partial charge in [0.1, 0.15) is 17.2 Å². The number of hydrogen-bond acceptors (Lipinski definition) is 6. The summed E-state index contributed by atoms with van der Waals surface area (Å²) in [4.78, 5) is 10.5. The Labute approximate surface area is 145 Å². The van der Waals surface area contributed by atoms with Crippen molar-refractivity contribution in [1.29, 1.82) is 0 Å². The van der Waals surface area contributed by atoms with Gasteiger partial charge in [-0.1, -0.05) is 0 Å². The standard InChI is InChI=1S/C16H18N2O6S/c1-4-17(15-11-12(18(19)20)5-10-16(15)24-3)25(21,22)14-8-6-13(23-2)7-9-14/h5-11H,4H2,1-3H3. The van der Waals surface area contributed by atoms with E-state index in [0.29, 0.717) is 5.75 Å². The largest absolute Gasteiger partial charge is 0.497 e. The highest BCUT2D eigenvalue weighted by Crippen LogP contribution is 2.35. The molecular weight excluding hydrogens is 348 g/mol. The van der Waals surface area contributed by atoms with E-state index in [4.69, 9.17) is 9.47 Å². The molecule has 0 saturated carbocycles. The van der Waals surface area contributed by atoms with Gasteiger partial charge in [-0.25, -0.2) is 8.42 Å². The van der Waals surface area contributed by atoms with Gasteiger partial charge in [-0.05, 0) is 37.3 Å². The highest BCUT2D eigenvalue weighted by molar-refractivity contribution is 7.92. The smallest absolute Gasteiger partial charge is 0.271 e. The van der Waals surface area contributed by atoms with Crippen molar-refractivity contribution >= 4 is 21.4 Å². The van der Waals surface area contributed by atoms with E-state index < -0.39 is 14.9 Å². The van der Waals surface area contributed by atoms with Gasteiger partial charge in [0.05, 0.1) is 24.0 Å². The van der Waals surface area contributed by atoms with E-state index in [1.807, 2.05) is 0 Å². The predicted molar refractivity (Wildman–Crippen MR) is 92.8 cm³/mol. The number of nitro groups is 1. The van der Waals surface area contributed by atoms with E-state index in [1.54, 1.807) is 6.92 Å². The highest BCUT2D eigenvalue weighted by atomic mass is 32.2. The number of rotatable bonds is 7. The maximum Gasteiger partial charge on any atom is 0.271 e. The van der Waals surface area contributed by atoms with Gasteiger partial charge in [0.15, 0.2) is 0 Å². The van der Waals surface area contributed by atoms with Crippen molar-refractivity contribution in [2.75, 3.05) is 25.1 Å². The quantitative estimate of drug-likeness (QED) is 0.552. The second kappa shape index (κ2) is 7.39. The zero-order chi connectivity index (χ0) is 18.6. The molecule has 0 radical (unpaired) electrons. The van der Waals surface area contributed by atoms with Crippen molar-refractivity contribution in [3.8, 4) is 11.5 Å². The lowest BCUT2D eigenvalue weighted by atomic mass is 10.2. The monoisotopic (exact) mass is 366 g/mol. The first-order valence-electron chi connectivity index (χ1n) is 7.34. The summed E-state index contributed by atoms with van der Waals surface area (Å²) in [5, 5.41) is 11.0. The first-order valence-corrected chi connectivity index (χ1v) is 8.78. The molecule has 2 aromatic carbocycles. The number of non-ortho nitro benzene ring substituents is 1. The molecule has 0 atom stereocenters. The third-order valence-corrected chi connectivity index (χ3v) is 5.48. The van der Waals surface area contributed by atoms with Crippen LogP contribution in [0, 0.1) is 10.1 Å². The maximum atomic E-state index is 13.0. The Morgan fingerprint density at radius 2 is 1.72 bits per heavy atom. The minimum atomic E-state index is -3.93. The molecule has 0 amide bonds. The Bertz CT molecular complexity index is 865. The summed E-state index contributed by atoms with van der Waals surface area (Å²) in [7, 11) is -1.07. The molecule has 0 spiro atoms. The molecule has 0 unspecified atom stereocenters. The third-order valence-electron chi connectivity index (χ3n) is 3.58. The van der Waals surface area contributed by atoms with Crippen molar-refractivity contribution < 1.29 is 22.8 Å². The molecule has 8 nitrogen and oxygen atoms in total. The van der Waals surface area contributed by atoms with E-state index in [9.17, 15) is 18.5 Å². The van der Waals surface area contributed by atoms with Crippen LogP contribution >= 0.6 is 0 Å². The second-order valence-electron chi connectivity index (χ2n) is 4.96. The zero-order valence-corrected chi connectivity index (χ0v) is 14.8. The SMILES string of the molecule is CCN(c1cc([N+](=O)[O-])ccc1OC)S(=O)(=O)c1ccc(OC)cc1. The lowest BCUT2D eigenvalue weighted by Gasteiger charge is -2.24. The van der Waals surface area contributed by atoms with E-state index in [1.165, 1.54) is 56.7 Å². The molecule has 2 rings (SSSR count). The zero-order valence-electron chi connectivity index (χ0n) is 14.0. The molecule has 0 N–H and O–H groups in total. The molecule has 134 valence electrons. The van der Waals surface area contributed by atoms with Gasteiger partial charge in [-0.15, -0.1) is 0 Å². The molecule has 0 fully saturated rings. The Kier molecular flexibility index (Phi) is 5.48. The van der Waals surface area contributed by atoms with Gasteiger partial charge >= 0.3 is 0 Å². The lowest BCUT2D eigenvalue weighted by molar-refractivity contribution is -0.384. The molecule has 0 aliphatic heterocycles. The summed E-state index contributed by atoms with van der Waals surface area (Å²) in [6, 6.07) is 9.72. The fourth-order valence-electron chi connectivity index (χ4n) is 2.33. The molecule has 0 aliphatic carbocycles. The molecule has 0 aromatic heterocycles. The van der Waals surface area contributed by atoms with E-state index >= 15 is 0 Å². The van der Waals surface area contributed by atoms with Crippen LogP contribution in [-0.4, -0.2) is 34.1 Å². The van der Waals surface area contributed by atoms with Gasteiger partial charge < -0.3 is 9.47 Å². The van der Waals surface area contributed by atoms with Crippen molar-refractivity contribution in [3.05, 3.63) is 52.6 Å². The molecular formula is C16H18N2O6S. The molecule has 0 aliphatic rings. The van der Waals surface area contributed by atoms with Crippen molar-refractivity contribution in [2.45, 2.75) is 11.8 Å². The molecule has 2 aromatic rings. The summed E-state index contributed by atoms with van der Waals surface area (Å²) in [6.45, 7) is 1.71. The highest BCUT2D eigenvalue weighted by Gasteiger charge is 2.27. The molecule has 0 saturated heterocycles. The van der Waals surface area contributed by atoms with Crippen LogP contribution in [0.1, 0.15) is 6.92 Å². The molecule has 0 heterocycles. The Morgan fingerprint density at radius 1 is 1.08 bits per heavy atom. The second-order valence-corrected chi connectivity index (χ2v) is 6.82. The topological polar surface area (TPSA) is 99.0 Å². The number of nitro benzene ring substituents is 1. The Morgan fingerprint density at radius 3 is 2.20 bits per heavy atom. The van der Waals surface area contributed by atoms with Gasteiger partial charge in [0, 0.05) is 18.7 Å². The van der Waals surface area contributed by atoms with Crippen LogP contribution in [0.3, 0.4) is 0 Å². The van der Waals surface area contributed by atoms with Crippen LogP contribution in [0.5, 0.6) is 11.5 Å². The first kappa shape index (κ1) is 18.5. The number of nitrogens with zero attached hydrogens (tertiary/aromatic N) is 2. The van der Waals surface area contributed by atoms with Crippen LogP contribution in [0.25, 0.3) is 0 Å². The van der Waals surface area contributed by atoms with Gasteiger partial charge in [-0.2, -0.15) is 0 Å². The number of hydrogen-bond donors (Lipinski definition) is 0. The Balaban J connectivity index is 2.57. The number of benzene rings is 2. The van der Waals surface area contributed by atoms with Crippen molar-refractivity contribution in [1.82, 2.24) is 0 Å². The number of anilines is 1. The summed E-state index contributed by atoms with van der Waals surface area (Å²) >= 11 is 0. The summed E-state index contributed by atoms with van der Waals surface area (Å²) < 4.78 is 37.2. The van der Waals surface area contributed by atoms with E-state index in [-0.39, 0.29) is 28.6 Å². The minimum absolute atomic E-state index is 0.0451. The average molecular weight is 366 g/mol. The number of methoxy groups -OCH3 is 2. The maximum absolute atomic E-state index is 13.0. The Hall–Kier alpha value is -2.81. The lowest BCUT2D eigenvalue weighted by Crippen LogP contribution is -2.31. The number of sulfonamides is 1. The summed E-state index contributed by atoms with van der Waals surface area (Å²) in [5.41, 5.74) is -0.116. The van der Waals surface area contributed by atoms with Crippen LogP contribution in [0.2, 0.25) is 0 Å². The fraction of sp³-hybridized carbons (Fsp3) is 0.250. The van der Waals surface area contributed by atoms with Crippen molar-refractivity contribution in [2.24, 2.45) is 0 Å². The predicted octanol–water partition coefficient (Wildman–Crippen LogP) is 2.83. The molecule has 25 heavy (non-hydrogen) atoms. The van der Waals surface area contributed by atoms with E-state index in [0.717, 1.165) is 4.31 Å². The van der Waals surface area contributed by atoms with Gasteiger partial charge in [0.2, 0.25) is 0 Å². The van der Waals surface area contributed by atoms with Crippen molar-refractivity contribution in [3.63, 3.8) is 0 Å². The van der Waals surface area contributed by atoms with E-state index in [2.05, 4.69) is 0 Å². The van der Waals surface area contributed by atoms with Crippen LogP contribution < -0.4 is 13.8 Å². The summed E-state index contributed by atoms with van der Waals surface area (Å²) in [5.74, 6) is 0.750. The molecule has 9 heteroatoms. The first-order chi connectivity index (χ1) is 11.8. The van der Waals surface area contributed by atoms with Crippen LogP contribution in [0.15, 0.2) is 47.4 Å². The summed E-state index contributed by atoms with van der Waals surface area (Å²) in [6.07, 6.45) is 0. The average Bonchev–Trinajstić information content (AvgIpc) is 2.62. The van der Waals surface area contributed by atoms with Crippen LogP contribution in [0.4, 0.5) is 11.4 Å². The number of ether oxygens (including phenoxy) is 2. The normalized spacial score (nSPS) is 11.0. The molecule has 0 bridgehead atoms.